The molecule has 7 heteroatoms. The topological polar surface area (TPSA) is 54.5 Å². The van der Waals surface area contributed by atoms with Gasteiger partial charge in [0.1, 0.15) is 5.25 Å². The van der Waals surface area contributed by atoms with E-state index in [0.717, 1.165) is 5.56 Å². The zero-order chi connectivity index (χ0) is 18.7. The summed E-state index contributed by atoms with van der Waals surface area (Å²) in [5.41, 5.74) is 1.11. The number of nitrogens with zero attached hydrogens (tertiary/aromatic N) is 1. The third-order valence-electron chi connectivity index (χ3n) is 4.57. The third-order valence-corrected chi connectivity index (χ3v) is 7.67. The van der Waals surface area contributed by atoms with Gasteiger partial charge in [-0.15, -0.1) is 11.8 Å². The van der Waals surface area contributed by atoms with Crippen LogP contribution in [0, 0.1) is 0 Å². The first-order chi connectivity index (χ1) is 12.4. The third kappa shape index (κ3) is 4.24. The van der Waals surface area contributed by atoms with E-state index < -0.39 is 15.1 Å². The fourth-order valence-electron chi connectivity index (χ4n) is 2.86. The second kappa shape index (κ2) is 8.03. The van der Waals surface area contributed by atoms with Crippen LogP contribution < -0.4 is 0 Å². The monoisotopic (exact) mass is 409 g/mol. The molecule has 0 bridgehead atoms. The van der Waals surface area contributed by atoms with Gasteiger partial charge in [0.15, 0.2) is 9.84 Å². The van der Waals surface area contributed by atoms with Crippen molar-refractivity contribution in [3.63, 3.8) is 0 Å². The largest absolute Gasteiger partial charge is 0.340 e. The molecule has 1 fully saturated rings. The zero-order valence-electron chi connectivity index (χ0n) is 14.4. The van der Waals surface area contributed by atoms with Crippen LogP contribution in [0.2, 0.25) is 5.02 Å². The average molecular weight is 410 g/mol. The Balaban J connectivity index is 1.52. The van der Waals surface area contributed by atoms with Gasteiger partial charge in [0.2, 0.25) is 5.91 Å². The Morgan fingerprint density at radius 3 is 2.31 bits per heavy atom. The summed E-state index contributed by atoms with van der Waals surface area (Å²) in [5, 5.41) is -0.0339. The van der Waals surface area contributed by atoms with E-state index in [1.165, 1.54) is 17.0 Å². The van der Waals surface area contributed by atoms with Gasteiger partial charge in [-0.2, -0.15) is 0 Å². The summed E-state index contributed by atoms with van der Waals surface area (Å²) in [6, 6.07) is 14.3. The van der Waals surface area contributed by atoms with Crippen molar-refractivity contribution in [1.29, 1.82) is 0 Å². The van der Waals surface area contributed by atoms with Gasteiger partial charge >= 0.3 is 0 Å². The predicted molar refractivity (Wildman–Crippen MR) is 106 cm³/mol. The number of sulfone groups is 1. The molecule has 0 radical (unpaired) electrons. The van der Waals surface area contributed by atoms with Crippen molar-refractivity contribution in [2.75, 3.05) is 19.3 Å². The van der Waals surface area contributed by atoms with Crippen LogP contribution in [0.4, 0.5) is 0 Å². The first-order valence-corrected chi connectivity index (χ1v) is 11.5. The predicted octanol–water partition coefficient (Wildman–Crippen LogP) is 3.68. The number of amides is 1. The van der Waals surface area contributed by atoms with Crippen molar-refractivity contribution in [3.8, 4) is 0 Å². The van der Waals surface area contributed by atoms with E-state index in [4.69, 9.17) is 11.6 Å². The molecule has 1 amide bonds. The normalized spacial score (nSPS) is 14.9. The number of thioether (sulfide) groups is 1. The van der Waals surface area contributed by atoms with E-state index in [9.17, 15) is 13.2 Å². The highest BCUT2D eigenvalue weighted by atomic mass is 35.5. The molecule has 1 heterocycles. The minimum absolute atomic E-state index is 0.00139. The van der Waals surface area contributed by atoms with E-state index >= 15 is 0 Å². The summed E-state index contributed by atoms with van der Waals surface area (Å²) in [6.07, 6.45) is 3.09. The van der Waals surface area contributed by atoms with Crippen LogP contribution in [-0.2, 0) is 21.1 Å². The standard InChI is InChI=1S/C19H20ClNO3S2/c1-25-16-7-2-14(3-8-16)4-11-19(22)21-12-18(13-21)26(23,24)17-9-5-15(20)6-10-17/h2-3,5-10,18H,4,11-13H2,1H3. The minimum atomic E-state index is -3.42. The number of halogens is 1. The van der Waals surface area contributed by atoms with Gasteiger partial charge in [0.25, 0.3) is 0 Å². The van der Waals surface area contributed by atoms with E-state index in [1.807, 2.05) is 30.5 Å². The van der Waals surface area contributed by atoms with Crippen LogP contribution in [0.25, 0.3) is 0 Å². The van der Waals surface area contributed by atoms with Gasteiger partial charge in [-0.3, -0.25) is 4.79 Å². The summed E-state index contributed by atoms with van der Waals surface area (Å²) in [7, 11) is -3.42. The number of likely N-dealkylation sites (tertiary alicyclic amines) is 1. The van der Waals surface area contributed by atoms with Crippen LogP contribution in [0.3, 0.4) is 0 Å². The Morgan fingerprint density at radius 2 is 1.73 bits per heavy atom. The number of hydrogen-bond acceptors (Lipinski definition) is 4. The molecule has 1 aliphatic rings. The summed E-state index contributed by atoms with van der Waals surface area (Å²) >= 11 is 7.49. The second-order valence-corrected chi connectivity index (χ2v) is 9.81. The number of benzene rings is 2. The van der Waals surface area contributed by atoms with Crippen LogP contribution in [-0.4, -0.2) is 43.8 Å². The van der Waals surface area contributed by atoms with Gasteiger partial charge in [0, 0.05) is 29.4 Å². The molecule has 4 nitrogen and oxygen atoms in total. The highest BCUT2D eigenvalue weighted by Crippen LogP contribution is 2.25. The molecule has 138 valence electrons. The molecule has 0 spiro atoms. The highest BCUT2D eigenvalue weighted by Gasteiger charge is 2.40. The molecular weight excluding hydrogens is 390 g/mol. The molecule has 26 heavy (non-hydrogen) atoms. The molecule has 0 atom stereocenters. The Labute approximate surface area is 163 Å². The average Bonchev–Trinajstić information content (AvgIpc) is 2.59. The molecular formula is C19H20ClNO3S2. The number of aryl methyl sites for hydroxylation is 1. The molecule has 3 rings (SSSR count). The Hall–Kier alpha value is -1.50. The lowest BCUT2D eigenvalue weighted by atomic mass is 10.1. The Kier molecular flexibility index (Phi) is 5.95. The molecule has 2 aromatic carbocycles. The van der Waals surface area contributed by atoms with Crippen molar-refractivity contribution < 1.29 is 13.2 Å². The summed E-state index contributed by atoms with van der Waals surface area (Å²) in [6.45, 7) is 0.518. The van der Waals surface area contributed by atoms with Gasteiger partial charge < -0.3 is 4.90 Å². The maximum absolute atomic E-state index is 12.6. The van der Waals surface area contributed by atoms with E-state index in [1.54, 1.807) is 28.8 Å². The SMILES string of the molecule is CSc1ccc(CCC(=O)N2CC(S(=O)(=O)c3ccc(Cl)cc3)C2)cc1. The van der Waals surface area contributed by atoms with Crippen LogP contribution in [0.15, 0.2) is 58.3 Å². The number of hydrogen-bond donors (Lipinski definition) is 0. The van der Waals surface area contributed by atoms with Gasteiger partial charge in [-0.25, -0.2) is 8.42 Å². The maximum atomic E-state index is 12.6. The van der Waals surface area contributed by atoms with Crippen molar-refractivity contribution in [2.45, 2.75) is 27.9 Å². The van der Waals surface area contributed by atoms with Gasteiger partial charge in [-0.05, 0) is 54.6 Å². The smallest absolute Gasteiger partial charge is 0.222 e. The first kappa shape index (κ1) is 19.3. The maximum Gasteiger partial charge on any atom is 0.222 e. The molecule has 0 aromatic heterocycles. The Bertz CT molecular complexity index is 874. The van der Waals surface area contributed by atoms with Crippen molar-refractivity contribution in [1.82, 2.24) is 4.90 Å². The second-order valence-electron chi connectivity index (χ2n) is 6.27. The van der Waals surface area contributed by atoms with Gasteiger partial charge in [-0.1, -0.05) is 23.7 Å². The van der Waals surface area contributed by atoms with E-state index in [0.29, 0.717) is 17.9 Å². The molecule has 1 saturated heterocycles. The van der Waals surface area contributed by atoms with E-state index in [2.05, 4.69) is 0 Å². The quantitative estimate of drug-likeness (QED) is 0.683. The molecule has 0 aliphatic carbocycles. The lowest BCUT2D eigenvalue weighted by molar-refractivity contribution is -0.134. The summed E-state index contributed by atoms with van der Waals surface area (Å²) in [4.78, 5) is 15.4. The number of rotatable bonds is 6. The molecule has 0 saturated carbocycles. The number of carbonyl (C=O) groups excluding carboxylic acids is 1. The zero-order valence-corrected chi connectivity index (χ0v) is 16.8. The molecule has 1 aliphatic heterocycles. The number of carbonyl (C=O) groups is 1. The van der Waals surface area contributed by atoms with Crippen LogP contribution in [0.5, 0.6) is 0 Å². The summed E-state index contributed by atoms with van der Waals surface area (Å²) < 4.78 is 25.1. The fraction of sp³-hybridized carbons (Fsp3) is 0.316. The Morgan fingerprint density at radius 1 is 1.12 bits per heavy atom. The van der Waals surface area contributed by atoms with Crippen LogP contribution >= 0.6 is 23.4 Å². The first-order valence-electron chi connectivity index (χ1n) is 8.30. The highest BCUT2D eigenvalue weighted by molar-refractivity contribution is 7.98. The van der Waals surface area contributed by atoms with Crippen molar-refractivity contribution >= 4 is 39.1 Å². The van der Waals surface area contributed by atoms with Crippen molar-refractivity contribution in [2.24, 2.45) is 0 Å². The molecule has 2 aromatic rings. The van der Waals surface area contributed by atoms with Crippen LogP contribution in [0.1, 0.15) is 12.0 Å². The molecule has 0 N–H and O–H groups in total. The van der Waals surface area contributed by atoms with E-state index in [-0.39, 0.29) is 23.9 Å². The minimum Gasteiger partial charge on any atom is -0.340 e. The fourth-order valence-corrected chi connectivity index (χ4v) is 5.04. The molecule has 0 unspecified atom stereocenters. The lowest BCUT2D eigenvalue weighted by Crippen LogP contribution is -2.56. The lowest BCUT2D eigenvalue weighted by Gasteiger charge is -2.38. The van der Waals surface area contributed by atoms with Gasteiger partial charge in [0.05, 0.1) is 4.90 Å². The van der Waals surface area contributed by atoms with Crippen molar-refractivity contribution in [3.05, 3.63) is 59.1 Å². The summed E-state index contributed by atoms with van der Waals surface area (Å²) in [5.74, 6) is 0.00139.